The van der Waals surface area contributed by atoms with Crippen molar-refractivity contribution in [3.63, 3.8) is 0 Å². The highest BCUT2D eigenvalue weighted by atomic mass is 32.2. The number of amides is 4. The maximum absolute atomic E-state index is 13.7. The standard InChI is InChI=1S/C40H52N10O7S/c1-25-5-3-7-29(25)50-35-28(40(15-16-40)37(50)54)24-41-38(44-35)42-27-13-17-47(18-14-27)58(56,57)48-21-19-46(20-22-48)34(52)8-4-6-26-9-10-30-32(23-26)45(2)39(55)49(30)31-11-12-33(51)43-36(31)53/h9-10,23-25,27,29,31H,3-8,11-22H2,1-2H3,(H,41,42,44)(H,43,51,53). The van der Waals surface area contributed by atoms with Crippen LogP contribution in [0.2, 0.25) is 0 Å². The van der Waals surface area contributed by atoms with Gasteiger partial charge in [-0.15, -0.1) is 0 Å². The van der Waals surface area contributed by atoms with Gasteiger partial charge in [-0.1, -0.05) is 19.4 Å². The Kier molecular flexibility index (Phi) is 9.94. The van der Waals surface area contributed by atoms with Gasteiger partial charge in [-0.05, 0) is 81.4 Å². The van der Waals surface area contributed by atoms with Crippen molar-refractivity contribution >= 4 is 56.6 Å². The highest BCUT2D eigenvalue weighted by Crippen LogP contribution is 2.58. The minimum Gasteiger partial charge on any atom is -0.351 e. The third-order valence-corrected chi connectivity index (χ3v) is 15.6. The number of carbonyl (C=O) groups is 4. The predicted molar refractivity (Wildman–Crippen MR) is 214 cm³/mol. The van der Waals surface area contributed by atoms with Gasteiger partial charge in [0.25, 0.3) is 10.2 Å². The Bertz CT molecular complexity index is 2340. The second-order valence-corrected chi connectivity index (χ2v) is 19.1. The van der Waals surface area contributed by atoms with E-state index in [2.05, 4.69) is 22.5 Å². The van der Waals surface area contributed by atoms with Crippen LogP contribution < -0.4 is 21.2 Å². The van der Waals surface area contributed by atoms with Crippen LogP contribution in [0.1, 0.15) is 94.7 Å². The van der Waals surface area contributed by atoms with Crippen molar-refractivity contribution in [2.75, 3.05) is 49.5 Å². The molecule has 3 unspecified atom stereocenters. The summed E-state index contributed by atoms with van der Waals surface area (Å²) in [5.74, 6) is 1.01. The summed E-state index contributed by atoms with van der Waals surface area (Å²) in [6.07, 6.45) is 9.89. The molecule has 6 aliphatic rings. The molecule has 4 aliphatic heterocycles. The molecule has 0 bridgehead atoms. The molecule has 3 aromatic rings. The Labute approximate surface area is 337 Å². The van der Waals surface area contributed by atoms with Crippen LogP contribution in [0.25, 0.3) is 11.0 Å². The molecule has 1 aromatic carbocycles. The zero-order valence-corrected chi connectivity index (χ0v) is 34.0. The zero-order valence-electron chi connectivity index (χ0n) is 33.2. The van der Waals surface area contributed by atoms with E-state index in [1.807, 2.05) is 29.3 Å². The van der Waals surface area contributed by atoms with E-state index in [4.69, 9.17) is 4.98 Å². The second-order valence-electron chi connectivity index (χ2n) is 17.1. The van der Waals surface area contributed by atoms with Crippen LogP contribution in [0, 0.1) is 5.92 Å². The van der Waals surface area contributed by atoms with Crippen molar-refractivity contribution in [3.05, 3.63) is 46.0 Å². The number of fused-ring (bicyclic) bond motifs is 3. The van der Waals surface area contributed by atoms with Crippen molar-refractivity contribution in [3.8, 4) is 0 Å². The van der Waals surface area contributed by atoms with E-state index in [9.17, 15) is 32.4 Å². The molecule has 310 valence electrons. The molecule has 2 N–H and O–H groups in total. The van der Waals surface area contributed by atoms with Crippen molar-refractivity contribution in [1.29, 1.82) is 0 Å². The SMILES string of the molecule is CC1CCCC1N1C(=O)C2(CC2)c2cnc(NC3CCN(S(=O)(=O)N4CCN(C(=O)CCCc5ccc6c(c5)n(C)c(=O)n6C5CCC(=O)NC5=O)CC4)CC3)nc21. The van der Waals surface area contributed by atoms with Gasteiger partial charge in [0.15, 0.2) is 0 Å². The molecule has 3 saturated heterocycles. The van der Waals surface area contributed by atoms with Crippen LogP contribution >= 0.6 is 0 Å². The smallest absolute Gasteiger partial charge is 0.329 e. The number of hydrogen-bond donors (Lipinski definition) is 2. The van der Waals surface area contributed by atoms with Gasteiger partial charge in [-0.25, -0.2) is 9.78 Å². The minimum atomic E-state index is -3.70. The number of imide groups is 1. The van der Waals surface area contributed by atoms with E-state index in [1.165, 1.54) is 17.7 Å². The molecule has 2 aromatic heterocycles. The highest BCUT2D eigenvalue weighted by Gasteiger charge is 2.62. The fourth-order valence-electron chi connectivity index (χ4n) is 9.97. The van der Waals surface area contributed by atoms with Gasteiger partial charge in [0.2, 0.25) is 29.6 Å². The number of benzene rings is 1. The summed E-state index contributed by atoms with van der Waals surface area (Å²) in [5, 5.41) is 5.77. The summed E-state index contributed by atoms with van der Waals surface area (Å²) in [4.78, 5) is 77.3. The number of nitrogens with zero attached hydrogens (tertiary/aromatic N) is 8. The fourth-order valence-corrected chi connectivity index (χ4v) is 11.6. The molecule has 3 atom stereocenters. The summed E-state index contributed by atoms with van der Waals surface area (Å²) in [6.45, 7) is 4.07. The van der Waals surface area contributed by atoms with Crippen LogP contribution in [0.5, 0.6) is 0 Å². The highest BCUT2D eigenvalue weighted by molar-refractivity contribution is 7.86. The van der Waals surface area contributed by atoms with Gasteiger partial charge >= 0.3 is 5.69 Å². The van der Waals surface area contributed by atoms with Crippen molar-refractivity contribution in [1.82, 2.24) is 37.9 Å². The Balaban J connectivity index is 0.745. The number of piperidine rings is 2. The van der Waals surface area contributed by atoms with Crippen LogP contribution in [-0.4, -0.2) is 116 Å². The molecule has 2 aliphatic carbocycles. The lowest BCUT2D eigenvalue weighted by Crippen LogP contribution is -2.55. The topological polar surface area (TPSA) is 192 Å². The van der Waals surface area contributed by atoms with E-state index in [0.29, 0.717) is 81.2 Å². The monoisotopic (exact) mass is 816 g/mol. The first kappa shape index (κ1) is 38.8. The minimum absolute atomic E-state index is 0.00227. The molecule has 5 fully saturated rings. The summed E-state index contributed by atoms with van der Waals surface area (Å²) >= 11 is 0. The summed E-state index contributed by atoms with van der Waals surface area (Å²) < 4.78 is 33.4. The number of rotatable bonds is 10. The first-order valence-corrected chi connectivity index (χ1v) is 22.3. The van der Waals surface area contributed by atoms with Gasteiger partial charge in [-0.2, -0.15) is 22.0 Å². The summed E-state index contributed by atoms with van der Waals surface area (Å²) in [6, 6.07) is 5.04. The first-order valence-electron chi connectivity index (χ1n) is 20.9. The first-order chi connectivity index (χ1) is 27.9. The number of anilines is 2. The van der Waals surface area contributed by atoms with Gasteiger partial charge < -0.3 is 10.2 Å². The normalized spacial score (nSPS) is 25.5. The Morgan fingerprint density at radius 2 is 1.69 bits per heavy atom. The Hall–Kier alpha value is -4.68. The third kappa shape index (κ3) is 6.69. The van der Waals surface area contributed by atoms with Gasteiger partial charge in [-0.3, -0.25) is 38.5 Å². The van der Waals surface area contributed by atoms with E-state index >= 15 is 0 Å². The lowest BCUT2D eigenvalue weighted by Gasteiger charge is -2.39. The molecular weight excluding hydrogens is 765 g/mol. The molecule has 4 amide bonds. The van der Waals surface area contributed by atoms with E-state index < -0.39 is 27.6 Å². The van der Waals surface area contributed by atoms with Crippen LogP contribution in [0.4, 0.5) is 11.8 Å². The molecule has 6 heterocycles. The number of piperazine rings is 1. The van der Waals surface area contributed by atoms with Gasteiger partial charge in [0.1, 0.15) is 11.9 Å². The number of carbonyl (C=O) groups excluding carboxylic acids is 4. The van der Waals surface area contributed by atoms with Crippen molar-refractivity contribution in [2.24, 2.45) is 13.0 Å². The van der Waals surface area contributed by atoms with Crippen molar-refractivity contribution in [2.45, 2.75) is 108 Å². The average molecular weight is 817 g/mol. The van der Waals surface area contributed by atoms with E-state index in [1.54, 1.807) is 11.9 Å². The molecular formula is C40H52N10O7S. The second kappa shape index (κ2) is 14.9. The number of aromatic nitrogens is 4. The molecule has 18 heteroatoms. The molecule has 2 saturated carbocycles. The lowest BCUT2D eigenvalue weighted by molar-refractivity contribution is -0.136. The third-order valence-electron chi connectivity index (χ3n) is 13.6. The maximum Gasteiger partial charge on any atom is 0.329 e. The number of aryl methyl sites for hydroxylation is 2. The van der Waals surface area contributed by atoms with Crippen LogP contribution in [0.3, 0.4) is 0 Å². The summed E-state index contributed by atoms with van der Waals surface area (Å²) in [5.41, 5.74) is 2.44. The largest absolute Gasteiger partial charge is 0.351 e. The fraction of sp³-hybridized carbons (Fsp3) is 0.625. The number of nitrogens with one attached hydrogen (secondary N) is 2. The molecule has 58 heavy (non-hydrogen) atoms. The predicted octanol–water partition coefficient (Wildman–Crippen LogP) is 1.96. The van der Waals surface area contributed by atoms with Gasteiger partial charge in [0.05, 0.1) is 16.4 Å². The Morgan fingerprint density at radius 3 is 2.38 bits per heavy atom. The molecule has 9 rings (SSSR count). The molecule has 1 spiro atoms. The van der Waals surface area contributed by atoms with Crippen molar-refractivity contribution < 1.29 is 27.6 Å². The molecule has 0 radical (unpaired) electrons. The quantitative estimate of drug-likeness (QED) is 0.286. The van der Waals surface area contributed by atoms with Gasteiger partial charge in [0, 0.05) is 83.0 Å². The number of hydrogen-bond acceptors (Lipinski definition) is 10. The van der Waals surface area contributed by atoms with Crippen LogP contribution in [0.15, 0.2) is 29.2 Å². The molecule has 17 nitrogen and oxygen atoms in total. The van der Waals surface area contributed by atoms with E-state index in [-0.39, 0.29) is 61.4 Å². The maximum atomic E-state index is 13.7. The summed E-state index contributed by atoms with van der Waals surface area (Å²) in [7, 11) is -2.04. The van der Waals surface area contributed by atoms with E-state index in [0.717, 1.165) is 49.0 Å². The lowest BCUT2D eigenvalue weighted by atomic mass is 10.0. The zero-order chi connectivity index (χ0) is 40.5. The van der Waals surface area contributed by atoms with Crippen LogP contribution in [-0.2, 0) is 48.3 Å². The average Bonchev–Trinajstić information content (AvgIpc) is 3.79. The Morgan fingerprint density at radius 1 is 0.948 bits per heavy atom. The number of imidazole rings is 1.